The zero-order valence-corrected chi connectivity index (χ0v) is 16.7. The lowest BCUT2D eigenvalue weighted by Crippen LogP contribution is -2.45. The van der Waals surface area contributed by atoms with Crippen molar-refractivity contribution >= 4 is 6.29 Å². The molecule has 1 saturated carbocycles. The molecule has 1 aromatic carbocycles. The summed E-state index contributed by atoms with van der Waals surface area (Å²) in [6, 6.07) is 3.71. The Balaban J connectivity index is 0.000000948. The summed E-state index contributed by atoms with van der Waals surface area (Å²) in [5, 5.41) is 0. The minimum atomic E-state index is 0.280. The van der Waals surface area contributed by atoms with Crippen LogP contribution in [-0.2, 0) is 6.42 Å². The summed E-state index contributed by atoms with van der Waals surface area (Å²) in [4.78, 5) is 11.1. The highest BCUT2D eigenvalue weighted by Gasteiger charge is 2.43. The van der Waals surface area contributed by atoms with Gasteiger partial charge in [-0.1, -0.05) is 27.7 Å². The van der Waals surface area contributed by atoms with Crippen LogP contribution in [0.1, 0.15) is 62.9 Å². The summed E-state index contributed by atoms with van der Waals surface area (Å²) < 4.78 is 11.7. The van der Waals surface area contributed by atoms with E-state index >= 15 is 0 Å². The van der Waals surface area contributed by atoms with E-state index in [1.807, 2.05) is 19.9 Å². The number of aldehydes is 1. The smallest absolute Gasteiger partial charge is 0.164 e. The van der Waals surface area contributed by atoms with E-state index < -0.39 is 0 Å². The van der Waals surface area contributed by atoms with E-state index in [1.54, 1.807) is 13.2 Å². The topological polar surface area (TPSA) is 35.5 Å². The van der Waals surface area contributed by atoms with E-state index in [0.717, 1.165) is 30.4 Å². The summed E-state index contributed by atoms with van der Waals surface area (Å²) in [5.74, 6) is 2.05. The van der Waals surface area contributed by atoms with Crippen molar-refractivity contribution in [2.45, 2.75) is 59.5 Å². The van der Waals surface area contributed by atoms with Gasteiger partial charge in [-0.25, -0.2) is 0 Å². The minimum absolute atomic E-state index is 0.280. The number of benzene rings is 1. The highest BCUT2D eigenvalue weighted by atomic mass is 16.5. The Labute approximate surface area is 159 Å². The molecule has 0 bridgehead atoms. The van der Waals surface area contributed by atoms with Crippen LogP contribution in [0.4, 0.5) is 0 Å². The molecule has 1 fully saturated rings. The van der Waals surface area contributed by atoms with Gasteiger partial charge in [0.25, 0.3) is 0 Å². The molecule has 3 rings (SSSR count). The fourth-order valence-electron chi connectivity index (χ4n) is 3.77. The molecule has 0 N–H and O–H groups in total. The molecule has 1 heterocycles. The van der Waals surface area contributed by atoms with Crippen LogP contribution in [-0.4, -0.2) is 19.5 Å². The monoisotopic (exact) mass is 356 g/mol. The standard InChI is InChI=1S/C17H22O3.C2H6.2C2H2/c1-17(2)6-4-5-14-13(17)9-12-7-11(10-18)8-15(19-3)16(12)20-14;3*1-2/h7-8,10,13-14H,4-6,9H2,1-3H3;1-2H3;2*1-2H/t13-,14?;;;/m0.../s1. The Morgan fingerprint density at radius 2 is 1.81 bits per heavy atom. The molecule has 0 radical (unpaired) electrons. The maximum absolute atomic E-state index is 11.1. The van der Waals surface area contributed by atoms with Crippen LogP contribution in [0.15, 0.2) is 12.1 Å². The third-order valence-electron chi connectivity index (χ3n) is 4.98. The number of hydrogen-bond acceptors (Lipinski definition) is 3. The Morgan fingerprint density at radius 1 is 1.19 bits per heavy atom. The molecule has 0 spiro atoms. The quantitative estimate of drug-likeness (QED) is 0.542. The van der Waals surface area contributed by atoms with Crippen molar-refractivity contribution in [3.63, 3.8) is 0 Å². The van der Waals surface area contributed by atoms with E-state index in [9.17, 15) is 4.79 Å². The number of carbonyl (C=O) groups is 1. The highest BCUT2D eigenvalue weighted by Crippen LogP contribution is 2.49. The van der Waals surface area contributed by atoms with Crippen molar-refractivity contribution in [3.05, 3.63) is 23.3 Å². The lowest BCUT2D eigenvalue weighted by molar-refractivity contribution is -0.00709. The van der Waals surface area contributed by atoms with E-state index in [2.05, 4.69) is 39.5 Å². The Kier molecular flexibility index (Phi) is 10.2. The molecule has 0 aromatic heterocycles. The van der Waals surface area contributed by atoms with Crippen LogP contribution in [0.5, 0.6) is 11.5 Å². The van der Waals surface area contributed by atoms with Crippen molar-refractivity contribution in [2.75, 3.05) is 7.11 Å². The first-order valence-corrected chi connectivity index (χ1v) is 9.04. The van der Waals surface area contributed by atoms with Crippen LogP contribution < -0.4 is 9.47 Å². The number of ether oxygens (including phenoxy) is 2. The molecule has 1 aliphatic heterocycles. The van der Waals surface area contributed by atoms with Crippen molar-refractivity contribution < 1.29 is 14.3 Å². The second-order valence-corrected chi connectivity index (χ2v) is 6.68. The maximum atomic E-state index is 11.1. The Bertz CT molecular complexity index is 605. The highest BCUT2D eigenvalue weighted by molar-refractivity contribution is 5.77. The van der Waals surface area contributed by atoms with Crippen LogP contribution in [0.2, 0.25) is 0 Å². The van der Waals surface area contributed by atoms with Crippen molar-refractivity contribution in [3.8, 4) is 37.2 Å². The second-order valence-electron chi connectivity index (χ2n) is 6.68. The van der Waals surface area contributed by atoms with Crippen molar-refractivity contribution in [2.24, 2.45) is 11.3 Å². The first kappa shape index (κ1) is 23.6. The maximum Gasteiger partial charge on any atom is 0.164 e. The average molecular weight is 357 g/mol. The molecular formula is C23H32O3. The minimum Gasteiger partial charge on any atom is -0.493 e. The summed E-state index contributed by atoms with van der Waals surface area (Å²) in [6.45, 7) is 8.66. The second kappa shape index (κ2) is 11.3. The summed E-state index contributed by atoms with van der Waals surface area (Å²) in [7, 11) is 1.63. The fraction of sp³-hybridized carbons (Fsp3) is 0.522. The van der Waals surface area contributed by atoms with Crippen molar-refractivity contribution in [1.29, 1.82) is 0 Å². The van der Waals surface area contributed by atoms with Gasteiger partial charge < -0.3 is 9.47 Å². The average Bonchev–Trinajstić information content (AvgIpc) is 2.70. The largest absolute Gasteiger partial charge is 0.493 e. The predicted molar refractivity (Wildman–Crippen MR) is 109 cm³/mol. The van der Waals surface area contributed by atoms with E-state index in [1.165, 1.54) is 12.8 Å². The number of rotatable bonds is 2. The molecule has 1 aromatic rings. The molecule has 3 heteroatoms. The molecule has 142 valence electrons. The van der Waals surface area contributed by atoms with Gasteiger partial charge in [0.05, 0.1) is 7.11 Å². The van der Waals surface area contributed by atoms with Crippen LogP contribution >= 0.6 is 0 Å². The van der Waals surface area contributed by atoms with E-state index in [4.69, 9.17) is 9.47 Å². The molecular weight excluding hydrogens is 324 g/mol. The third kappa shape index (κ3) is 5.06. The molecule has 1 unspecified atom stereocenters. The molecule has 2 atom stereocenters. The van der Waals surface area contributed by atoms with Gasteiger partial charge in [0.2, 0.25) is 0 Å². The zero-order valence-electron chi connectivity index (χ0n) is 16.7. The zero-order chi connectivity index (χ0) is 20.3. The first-order chi connectivity index (χ1) is 12.5. The number of hydrogen-bond donors (Lipinski definition) is 0. The summed E-state index contributed by atoms with van der Waals surface area (Å²) in [5.41, 5.74) is 2.07. The van der Waals surface area contributed by atoms with Gasteiger partial charge in [0, 0.05) is 11.5 Å². The Hall–Kier alpha value is -2.39. The number of fused-ring (bicyclic) bond motifs is 2. The molecule has 0 saturated heterocycles. The fourth-order valence-corrected chi connectivity index (χ4v) is 3.77. The molecule has 3 nitrogen and oxygen atoms in total. The van der Waals surface area contributed by atoms with Crippen LogP contribution in [0.25, 0.3) is 0 Å². The third-order valence-corrected chi connectivity index (χ3v) is 4.98. The number of methoxy groups -OCH3 is 1. The molecule has 26 heavy (non-hydrogen) atoms. The van der Waals surface area contributed by atoms with Gasteiger partial charge in [-0.15, -0.1) is 25.7 Å². The summed E-state index contributed by atoms with van der Waals surface area (Å²) >= 11 is 0. The molecule has 2 aliphatic rings. The predicted octanol–water partition coefficient (Wildman–Crippen LogP) is 5.16. The summed E-state index contributed by atoms with van der Waals surface area (Å²) in [6.07, 6.45) is 21.7. The molecule has 1 aliphatic carbocycles. The van der Waals surface area contributed by atoms with Crippen LogP contribution in [0, 0.1) is 37.0 Å². The normalized spacial score (nSPS) is 21.1. The van der Waals surface area contributed by atoms with E-state index in [-0.39, 0.29) is 6.10 Å². The lowest BCUT2D eigenvalue weighted by Gasteiger charge is -2.47. The van der Waals surface area contributed by atoms with Gasteiger partial charge in [0.1, 0.15) is 12.4 Å². The van der Waals surface area contributed by atoms with Gasteiger partial charge in [-0.05, 0) is 48.8 Å². The molecule has 0 amide bonds. The number of terminal acetylenes is 2. The SMILES string of the molecule is C#C.C#C.CC.COc1cc(C=O)cc2c1OC1CCCC(C)(C)[C@H]1C2. The van der Waals surface area contributed by atoms with Gasteiger partial charge in [0.15, 0.2) is 11.5 Å². The van der Waals surface area contributed by atoms with Gasteiger partial charge in [-0.3, -0.25) is 4.79 Å². The Morgan fingerprint density at radius 3 is 2.35 bits per heavy atom. The lowest BCUT2D eigenvalue weighted by atomic mass is 9.64. The van der Waals surface area contributed by atoms with E-state index in [0.29, 0.717) is 22.6 Å². The van der Waals surface area contributed by atoms with Crippen LogP contribution in [0.3, 0.4) is 0 Å². The van der Waals surface area contributed by atoms with Gasteiger partial charge >= 0.3 is 0 Å². The van der Waals surface area contributed by atoms with Gasteiger partial charge in [-0.2, -0.15) is 0 Å². The van der Waals surface area contributed by atoms with Crippen molar-refractivity contribution in [1.82, 2.24) is 0 Å². The number of carbonyl (C=O) groups excluding carboxylic acids is 1. The first-order valence-electron chi connectivity index (χ1n) is 9.04.